The minimum atomic E-state index is 0.468. The zero-order chi connectivity index (χ0) is 6.27. The lowest BCUT2D eigenvalue weighted by Gasteiger charge is -2.06. The van der Waals surface area contributed by atoms with E-state index in [1.54, 1.807) is 0 Å². The van der Waals surface area contributed by atoms with Gasteiger partial charge in [-0.1, -0.05) is 0 Å². The molecule has 52 valence electrons. The molecular weight excluding hydrogens is 251 g/mol. The molecular formula is C5H7IO2S. The number of hydrogen-bond acceptors (Lipinski definition) is 3. The molecule has 4 heteroatoms. The zero-order valence-electron chi connectivity index (χ0n) is 4.75. The van der Waals surface area contributed by atoms with Crippen LogP contribution in [0.3, 0.4) is 0 Å². The van der Waals surface area contributed by atoms with E-state index in [9.17, 15) is 0 Å². The van der Waals surface area contributed by atoms with Crippen LogP contribution in [0.5, 0.6) is 0 Å². The Kier molecular flexibility index (Phi) is 1.90. The van der Waals surface area contributed by atoms with Crippen molar-refractivity contribution in [1.82, 2.24) is 0 Å². The van der Waals surface area contributed by atoms with Crippen molar-refractivity contribution < 1.29 is 8.92 Å². The minimum absolute atomic E-state index is 0.468. The molecule has 0 N–H and O–H groups in total. The topological polar surface area (TPSA) is 21.8 Å². The van der Waals surface area contributed by atoms with Crippen molar-refractivity contribution in [2.24, 2.45) is 0 Å². The molecule has 2 nitrogen and oxygen atoms in total. The highest BCUT2D eigenvalue weighted by Gasteiger charge is 2.48. The van der Waals surface area contributed by atoms with Gasteiger partial charge in [-0.2, -0.15) is 0 Å². The van der Waals surface area contributed by atoms with Gasteiger partial charge in [-0.3, -0.25) is 0 Å². The number of fused-ring (bicyclic) bond motifs is 1. The van der Waals surface area contributed by atoms with Gasteiger partial charge in [-0.25, -0.2) is 0 Å². The first-order chi connectivity index (χ1) is 4.40. The largest absolute Gasteiger partial charge is 0.369 e. The second-order valence-electron chi connectivity index (χ2n) is 2.47. The molecule has 2 aliphatic rings. The Hall–Kier alpha value is 1.00. The third-order valence-electron chi connectivity index (χ3n) is 1.85. The van der Waals surface area contributed by atoms with Crippen LogP contribution in [-0.4, -0.2) is 18.3 Å². The standard InChI is InChI=1S/C5H7IO2S/c6-9-8-3-1-4-5(2-3)7-4/h3-5H,1-2H2. The van der Waals surface area contributed by atoms with Gasteiger partial charge in [0.15, 0.2) is 0 Å². The maximum Gasteiger partial charge on any atom is 0.0868 e. The average molecular weight is 258 g/mol. The Balaban J connectivity index is 1.77. The molecule has 0 aromatic heterocycles. The molecule has 1 saturated heterocycles. The van der Waals surface area contributed by atoms with Crippen LogP contribution in [0, 0.1) is 0 Å². The molecule has 0 aromatic rings. The summed E-state index contributed by atoms with van der Waals surface area (Å²) in [5.41, 5.74) is 0. The summed E-state index contributed by atoms with van der Waals surface area (Å²) >= 11 is 2.15. The van der Waals surface area contributed by atoms with Gasteiger partial charge >= 0.3 is 0 Å². The van der Waals surface area contributed by atoms with Gasteiger partial charge in [0, 0.05) is 34.0 Å². The van der Waals surface area contributed by atoms with Gasteiger partial charge in [0.05, 0.1) is 27.5 Å². The van der Waals surface area contributed by atoms with Crippen LogP contribution in [0.1, 0.15) is 12.8 Å². The van der Waals surface area contributed by atoms with Crippen LogP contribution in [0.15, 0.2) is 0 Å². The quantitative estimate of drug-likeness (QED) is 0.429. The first-order valence-corrected chi connectivity index (χ1v) is 6.28. The van der Waals surface area contributed by atoms with Crippen LogP contribution in [-0.2, 0) is 8.92 Å². The lowest BCUT2D eigenvalue weighted by atomic mass is 10.3. The van der Waals surface area contributed by atoms with E-state index in [2.05, 4.69) is 21.2 Å². The van der Waals surface area contributed by atoms with Gasteiger partial charge in [-0.05, 0) is 0 Å². The molecule has 0 amide bonds. The summed E-state index contributed by atoms with van der Waals surface area (Å²) in [5, 5.41) is 0. The maximum absolute atomic E-state index is 5.33. The summed E-state index contributed by atoms with van der Waals surface area (Å²) in [5.74, 6) is 0. The molecule has 2 fully saturated rings. The fourth-order valence-corrected chi connectivity index (χ4v) is 2.48. The molecule has 0 spiro atoms. The zero-order valence-corrected chi connectivity index (χ0v) is 7.72. The van der Waals surface area contributed by atoms with Crippen LogP contribution in [0.2, 0.25) is 0 Å². The lowest BCUT2D eigenvalue weighted by Crippen LogP contribution is -2.05. The first kappa shape index (κ1) is 6.69. The van der Waals surface area contributed by atoms with E-state index in [4.69, 9.17) is 8.92 Å². The summed E-state index contributed by atoms with van der Waals surface area (Å²) in [4.78, 5) is 0. The molecule has 1 saturated carbocycles. The highest BCUT2D eigenvalue weighted by molar-refractivity contribution is 14.2. The molecule has 0 radical (unpaired) electrons. The molecule has 0 bridgehead atoms. The monoisotopic (exact) mass is 258 g/mol. The van der Waals surface area contributed by atoms with E-state index < -0.39 is 0 Å². The predicted octanol–water partition coefficient (Wildman–Crippen LogP) is 1.93. The van der Waals surface area contributed by atoms with E-state index in [1.165, 1.54) is 9.21 Å². The fraction of sp³-hybridized carbons (Fsp3) is 1.00. The van der Waals surface area contributed by atoms with Crippen molar-refractivity contribution in [3.8, 4) is 0 Å². The summed E-state index contributed by atoms with van der Waals surface area (Å²) in [6.45, 7) is 0. The lowest BCUT2D eigenvalue weighted by molar-refractivity contribution is 0.178. The van der Waals surface area contributed by atoms with Crippen LogP contribution >= 0.6 is 30.4 Å². The van der Waals surface area contributed by atoms with E-state index in [-0.39, 0.29) is 0 Å². The first-order valence-electron chi connectivity index (χ1n) is 2.99. The Bertz CT molecular complexity index is 112. The van der Waals surface area contributed by atoms with Crippen molar-refractivity contribution in [3.05, 3.63) is 0 Å². The van der Waals surface area contributed by atoms with Crippen LogP contribution in [0.25, 0.3) is 0 Å². The Morgan fingerprint density at radius 1 is 1.44 bits per heavy atom. The number of hydrogen-bond donors (Lipinski definition) is 0. The molecule has 1 aliphatic carbocycles. The average Bonchev–Trinajstić information content (AvgIpc) is 2.42. The Morgan fingerprint density at radius 2 is 2.11 bits per heavy atom. The van der Waals surface area contributed by atoms with E-state index in [0.717, 1.165) is 12.8 Å². The van der Waals surface area contributed by atoms with E-state index in [1.807, 2.05) is 0 Å². The smallest absolute Gasteiger partial charge is 0.0868 e. The highest BCUT2D eigenvalue weighted by Crippen LogP contribution is 2.41. The SMILES string of the molecule is ISOC1CC2OC2C1. The molecule has 2 unspecified atom stereocenters. The predicted molar refractivity (Wildman–Crippen MR) is 44.4 cm³/mol. The van der Waals surface area contributed by atoms with Crippen molar-refractivity contribution in [1.29, 1.82) is 0 Å². The fourth-order valence-electron chi connectivity index (χ4n) is 1.34. The van der Waals surface area contributed by atoms with Gasteiger partial charge in [0.1, 0.15) is 0 Å². The summed E-state index contributed by atoms with van der Waals surface area (Å²) in [7, 11) is 1.44. The third kappa shape index (κ3) is 1.36. The normalized spacial score (nSPS) is 47.0. The second-order valence-corrected chi connectivity index (χ2v) is 3.86. The Morgan fingerprint density at radius 3 is 2.67 bits per heavy atom. The number of halogens is 1. The summed E-state index contributed by atoms with van der Waals surface area (Å²) in [6, 6.07) is 0. The van der Waals surface area contributed by atoms with Crippen molar-refractivity contribution in [2.75, 3.05) is 0 Å². The van der Waals surface area contributed by atoms with Crippen molar-refractivity contribution >= 4 is 30.4 Å². The van der Waals surface area contributed by atoms with Crippen LogP contribution < -0.4 is 0 Å². The van der Waals surface area contributed by atoms with Gasteiger partial charge in [0.2, 0.25) is 0 Å². The molecule has 9 heavy (non-hydrogen) atoms. The van der Waals surface area contributed by atoms with Crippen molar-refractivity contribution in [2.45, 2.75) is 31.2 Å². The highest BCUT2D eigenvalue weighted by atomic mass is 127. The molecule has 0 aromatic carbocycles. The molecule has 2 rings (SSSR count). The minimum Gasteiger partial charge on any atom is -0.369 e. The number of rotatable bonds is 2. The third-order valence-corrected chi connectivity index (χ3v) is 2.82. The summed E-state index contributed by atoms with van der Waals surface area (Å²) < 4.78 is 10.6. The van der Waals surface area contributed by atoms with Gasteiger partial charge in [0.25, 0.3) is 0 Å². The number of epoxide rings is 1. The van der Waals surface area contributed by atoms with Gasteiger partial charge in [-0.15, -0.1) is 0 Å². The second kappa shape index (κ2) is 2.56. The van der Waals surface area contributed by atoms with Crippen molar-refractivity contribution in [3.63, 3.8) is 0 Å². The summed E-state index contributed by atoms with van der Waals surface area (Å²) in [6.07, 6.45) is 3.80. The molecule has 1 aliphatic heterocycles. The van der Waals surface area contributed by atoms with E-state index in [0.29, 0.717) is 18.3 Å². The molecule has 2 atom stereocenters. The van der Waals surface area contributed by atoms with Gasteiger partial charge < -0.3 is 8.92 Å². The molecule has 1 heterocycles. The van der Waals surface area contributed by atoms with Crippen LogP contribution in [0.4, 0.5) is 0 Å². The Labute approximate surface area is 70.5 Å². The van der Waals surface area contributed by atoms with E-state index >= 15 is 0 Å². The maximum atomic E-state index is 5.33. The number of ether oxygens (including phenoxy) is 1.